The largest absolute Gasteiger partial charge is 0.457 e. The van der Waals surface area contributed by atoms with Crippen molar-refractivity contribution in [3.8, 4) is 0 Å². The van der Waals surface area contributed by atoms with Gasteiger partial charge in [0, 0.05) is 25.7 Å². The van der Waals surface area contributed by atoms with Crippen molar-refractivity contribution < 1.29 is 19.1 Å². The fraction of sp³-hybridized carbons (Fsp3) is 0.636. The van der Waals surface area contributed by atoms with Crippen LogP contribution in [0.4, 0.5) is 0 Å². The Morgan fingerprint density at radius 2 is 1.81 bits per heavy atom. The Morgan fingerprint density at radius 1 is 1.12 bits per heavy atom. The van der Waals surface area contributed by atoms with E-state index < -0.39 is 0 Å². The van der Waals surface area contributed by atoms with Gasteiger partial charge in [0.15, 0.2) is 0 Å². The van der Waals surface area contributed by atoms with Gasteiger partial charge in [-0.15, -0.1) is 0 Å². The SMILES string of the molecule is CC(=O)OC1=C(C)C=C[C@H]2[C@@H](OC(C)=O)C3=C(CCCC3)C[C@@H]1C2(C)C. The lowest BCUT2D eigenvalue weighted by Crippen LogP contribution is -2.40. The molecular weight excluding hydrogens is 328 g/mol. The summed E-state index contributed by atoms with van der Waals surface area (Å²) in [6, 6.07) is 0. The molecule has 3 rings (SSSR count). The number of hydrogen-bond donors (Lipinski definition) is 0. The number of carbonyl (C=O) groups excluding carboxylic acids is 2. The van der Waals surface area contributed by atoms with E-state index in [0.717, 1.165) is 37.0 Å². The van der Waals surface area contributed by atoms with Gasteiger partial charge in [-0.3, -0.25) is 9.59 Å². The zero-order chi connectivity index (χ0) is 19.1. The first-order chi connectivity index (χ1) is 12.2. The molecule has 0 radical (unpaired) electrons. The first-order valence-corrected chi connectivity index (χ1v) is 9.67. The van der Waals surface area contributed by atoms with Crippen molar-refractivity contribution in [2.24, 2.45) is 17.3 Å². The van der Waals surface area contributed by atoms with Gasteiger partial charge in [-0.2, -0.15) is 0 Å². The summed E-state index contributed by atoms with van der Waals surface area (Å²) in [7, 11) is 0. The molecule has 0 N–H and O–H groups in total. The van der Waals surface area contributed by atoms with Crippen molar-refractivity contribution in [3.05, 3.63) is 34.6 Å². The maximum atomic E-state index is 11.9. The van der Waals surface area contributed by atoms with E-state index >= 15 is 0 Å². The highest BCUT2D eigenvalue weighted by Crippen LogP contribution is 2.54. The van der Waals surface area contributed by atoms with Gasteiger partial charge in [-0.1, -0.05) is 31.6 Å². The molecule has 0 aromatic carbocycles. The molecule has 0 unspecified atom stereocenters. The number of hydrogen-bond acceptors (Lipinski definition) is 4. The van der Waals surface area contributed by atoms with Gasteiger partial charge in [-0.05, 0) is 55.6 Å². The number of ether oxygens (including phenoxy) is 2. The fourth-order valence-electron chi connectivity index (χ4n) is 4.93. The van der Waals surface area contributed by atoms with E-state index in [1.54, 1.807) is 0 Å². The summed E-state index contributed by atoms with van der Waals surface area (Å²) in [4.78, 5) is 23.6. The van der Waals surface area contributed by atoms with Crippen LogP contribution in [0.15, 0.2) is 34.6 Å². The van der Waals surface area contributed by atoms with Crippen molar-refractivity contribution in [2.45, 2.75) is 72.8 Å². The quantitative estimate of drug-likeness (QED) is 0.523. The van der Waals surface area contributed by atoms with Crippen LogP contribution in [0.2, 0.25) is 0 Å². The standard InChI is InChI=1S/C22H30O4/c1-13-10-11-18-21(26-15(3)24)17-9-7-6-8-16(17)12-19(22(18,4)5)20(13)25-14(2)23/h10-11,18-19,21H,6-9,12H2,1-5H3/t18-,19-,21-/m0/s1. The molecule has 0 aliphatic heterocycles. The Bertz CT molecular complexity index is 708. The fourth-order valence-corrected chi connectivity index (χ4v) is 4.93. The van der Waals surface area contributed by atoms with Crippen molar-refractivity contribution >= 4 is 11.9 Å². The topological polar surface area (TPSA) is 52.6 Å². The van der Waals surface area contributed by atoms with Gasteiger partial charge in [0.25, 0.3) is 0 Å². The molecule has 3 aliphatic carbocycles. The molecule has 0 saturated carbocycles. The third-order valence-corrected chi connectivity index (χ3v) is 6.31. The van der Waals surface area contributed by atoms with Crippen molar-refractivity contribution in [1.82, 2.24) is 0 Å². The summed E-state index contributed by atoms with van der Waals surface area (Å²) in [5, 5.41) is 0. The molecule has 0 amide bonds. The molecule has 0 heterocycles. The normalized spacial score (nSPS) is 30.3. The molecule has 3 aliphatic rings. The van der Waals surface area contributed by atoms with Crippen LogP contribution >= 0.6 is 0 Å². The minimum Gasteiger partial charge on any atom is -0.457 e. The van der Waals surface area contributed by atoms with Gasteiger partial charge in [0.1, 0.15) is 11.9 Å². The number of allylic oxidation sites excluding steroid dienone is 4. The third-order valence-electron chi connectivity index (χ3n) is 6.31. The molecule has 0 saturated heterocycles. The van der Waals surface area contributed by atoms with E-state index in [0.29, 0.717) is 0 Å². The smallest absolute Gasteiger partial charge is 0.307 e. The first kappa shape index (κ1) is 18.9. The van der Waals surface area contributed by atoms with E-state index in [4.69, 9.17) is 9.47 Å². The van der Waals surface area contributed by atoms with Crippen LogP contribution in [0.3, 0.4) is 0 Å². The number of rotatable bonds is 2. The van der Waals surface area contributed by atoms with E-state index in [2.05, 4.69) is 19.9 Å². The molecular formula is C22H30O4. The minimum atomic E-state index is -0.277. The predicted octanol–water partition coefficient (Wildman–Crippen LogP) is 4.86. The molecule has 0 aromatic rings. The van der Waals surface area contributed by atoms with Crippen LogP contribution in [-0.2, 0) is 19.1 Å². The van der Waals surface area contributed by atoms with Crippen LogP contribution in [0.5, 0.6) is 0 Å². The molecule has 26 heavy (non-hydrogen) atoms. The molecule has 0 fully saturated rings. The summed E-state index contributed by atoms with van der Waals surface area (Å²) in [5.74, 6) is 0.423. The number of fused-ring (bicyclic) bond motifs is 2. The summed E-state index contributed by atoms with van der Waals surface area (Å²) < 4.78 is 11.6. The highest BCUT2D eigenvalue weighted by Gasteiger charge is 2.49. The summed E-state index contributed by atoms with van der Waals surface area (Å²) in [6.45, 7) is 9.38. The molecule has 2 bridgehead atoms. The Balaban J connectivity index is 2.15. The maximum absolute atomic E-state index is 11.9. The van der Waals surface area contributed by atoms with E-state index in [9.17, 15) is 9.59 Å². The lowest BCUT2D eigenvalue weighted by Gasteiger charge is -2.40. The third kappa shape index (κ3) is 3.38. The Hall–Kier alpha value is -1.84. The summed E-state index contributed by atoms with van der Waals surface area (Å²) in [6.07, 6.45) is 9.21. The van der Waals surface area contributed by atoms with E-state index in [1.165, 1.54) is 31.4 Å². The molecule has 142 valence electrons. The Labute approximate surface area is 156 Å². The second-order valence-electron chi connectivity index (χ2n) is 8.47. The summed E-state index contributed by atoms with van der Waals surface area (Å²) in [5.41, 5.74) is 3.49. The molecule has 4 nitrogen and oxygen atoms in total. The average Bonchev–Trinajstić information content (AvgIpc) is 2.69. The monoisotopic (exact) mass is 358 g/mol. The van der Waals surface area contributed by atoms with Crippen LogP contribution < -0.4 is 0 Å². The first-order valence-electron chi connectivity index (χ1n) is 9.67. The van der Waals surface area contributed by atoms with Crippen LogP contribution in [0, 0.1) is 17.3 Å². The minimum absolute atomic E-state index is 0.0602. The van der Waals surface area contributed by atoms with Crippen LogP contribution in [0.25, 0.3) is 0 Å². The zero-order valence-electron chi connectivity index (χ0n) is 16.6. The van der Waals surface area contributed by atoms with Gasteiger partial charge in [-0.25, -0.2) is 0 Å². The number of esters is 2. The lowest BCUT2D eigenvalue weighted by atomic mass is 9.66. The Kier molecular flexibility index (Phi) is 5.14. The van der Waals surface area contributed by atoms with Crippen molar-refractivity contribution in [3.63, 3.8) is 0 Å². The maximum Gasteiger partial charge on any atom is 0.307 e. The van der Waals surface area contributed by atoms with Crippen LogP contribution in [0.1, 0.15) is 66.7 Å². The van der Waals surface area contributed by atoms with Crippen molar-refractivity contribution in [1.29, 1.82) is 0 Å². The second-order valence-corrected chi connectivity index (χ2v) is 8.47. The lowest BCUT2D eigenvalue weighted by molar-refractivity contribution is -0.148. The second kappa shape index (κ2) is 7.05. The molecule has 0 aromatic heterocycles. The predicted molar refractivity (Wildman–Crippen MR) is 100 cm³/mol. The van der Waals surface area contributed by atoms with Gasteiger partial charge in [0.05, 0.1) is 0 Å². The summed E-state index contributed by atoms with van der Waals surface area (Å²) >= 11 is 0. The molecule has 0 spiro atoms. The van der Waals surface area contributed by atoms with Gasteiger partial charge >= 0.3 is 11.9 Å². The highest BCUT2D eigenvalue weighted by molar-refractivity contribution is 5.68. The zero-order valence-corrected chi connectivity index (χ0v) is 16.6. The van der Waals surface area contributed by atoms with Crippen molar-refractivity contribution in [2.75, 3.05) is 0 Å². The number of carbonyl (C=O) groups is 2. The van der Waals surface area contributed by atoms with Crippen LogP contribution in [-0.4, -0.2) is 18.0 Å². The Morgan fingerprint density at radius 3 is 2.46 bits per heavy atom. The molecule has 4 heteroatoms. The van der Waals surface area contributed by atoms with E-state index in [1.807, 2.05) is 13.0 Å². The molecule has 3 atom stereocenters. The average molecular weight is 358 g/mol. The van der Waals surface area contributed by atoms with E-state index in [-0.39, 0.29) is 35.3 Å². The highest BCUT2D eigenvalue weighted by atomic mass is 16.5. The van der Waals surface area contributed by atoms with Gasteiger partial charge in [0.2, 0.25) is 0 Å². The van der Waals surface area contributed by atoms with Gasteiger partial charge < -0.3 is 9.47 Å².